The molecule has 170 valence electrons. The molecule has 1 amide bonds. The Kier molecular flexibility index (Phi) is 13.5. The van der Waals surface area contributed by atoms with Crippen LogP contribution in [0.1, 0.15) is 43.9 Å². The number of carbonyl (C=O) groups is 1. The Hall–Kier alpha value is -2.20. The summed E-state index contributed by atoms with van der Waals surface area (Å²) in [4.78, 5) is 20.8. The first-order valence-corrected chi connectivity index (χ1v) is 10.5. The van der Waals surface area contributed by atoms with E-state index in [1.165, 1.54) is 5.56 Å². The smallest absolute Gasteiger partial charge is 0.227 e. The van der Waals surface area contributed by atoms with E-state index in [1.807, 2.05) is 38.1 Å². The minimum Gasteiger partial charge on any atom is -0.374 e. The van der Waals surface area contributed by atoms with Crippen molar-refractivity contribution in [2.24, 2.45) is 4.99 Å². The molecule has 31 heavy (non-hydrogen) atoms. The molecule has 2 rings (SSSR count). The maximum atomic E-state index is 12.0. The van der Waals surface area contributed by atoms with Gasteiger partial charge in [-0.1, -0.05) is 36.4 Å². The number of carbonyl (C=O) groups excluding carboxylic acids is 1. The number of rotatable bonds is 11. The van der Waals surface area contributed by atoms with E-state index in [-0.39, 0.29) is 36.0 Å². The first-order chi connectivity index (χ1) is 14.6. The lowest BCUT2D eigenvalue weighted by Gasteiger charge is -2.13. The highest BCUT2D eigenvalue weighted by Crippen LogP contribution is 2.15. The quantitative estimate of drug-likeness (QED) is 0.174. The SMILES string of the molecule is CCNC(=NCCCOC(C)c1ccccc1)NCCC(=O)Nc1ccc(C)cn1.I. The van der Waals surface area contributed by atoms with Crippen LogP contribution < -0.4 is 16.0 Å². The van der Waals surface area contributed by atoms with Crippen molar-refractivity contribution < 1.29 is 9.53 Å². The van der Waals surface area contributed by atoms with Crippen molar-refractivity contribution >= 4 is 41.7 Å². The van der Waals surface area contributed by atoms with Crippen LogP contribution in [0.3, 0.4) is 0 Å². The number of anilines is 1. The number of nitrogens with one attached hydrogen (secondary N) is 3. The summed E-state index contributed by atoms with van der Waals surface area (Å²) < 4.78 is 5.88. The van der Waals surface area contributed by atoms with E-state index in [4.69, 9.17) is 4.74 Å². The predicted molar refractivity (Wildman–Crippen MR) is 137 cm³/mol. The summed E-state index contributed by atoms with van der Waals surface area (Å²) in [6.07, 6.45) is 2.96. The van der Waals surface area contributed by atoms with Gasteiger partial charge < -0.3 is 20.7 Å². The molecular formula is C23H34IN5O2. The van der Waals surface area contributed by atoms with Gasteiger partial charge in [0.1, 0.15) is 5.82 Å². The molecule has 0 saturated heterocycles. The maximum absolute atomic E-state index is 12.0. The van der Waals surface area contributed by atoms with Gasteiger partial charge in [-0.05, 0) is 44.4 Å². The third-order valence-electron chi connectivity index (χ3n) is 4.38. The number of nitrogens with zero attached hydrogens (tertiary/aromatic N) is 2. The zero-order chi connectivity index (χ0) is 21.6. The van der Waals surface area contributed by atoms with Crippen LogP contribution in [0.4, 0.5) is 5.82 Å². The Labute approximate surface area is 202 Å². The number of hydrogen-bond acceptors (Lipinski definition) is 4. The summed E-state index contributed by atoms with van der Waals surface area (Å²) in [7, 11) is 0. The number of benzene rings is 1. The minimum atomic E-state index is -0.0852. The number of amides is 1. The third kappa shape index (κ3) is 11.1. The van der Waals surface area contributed by atoms with Crippen molar-refractivity contribution in [1.29, 1.82) is 0 Å². The Morgan fingerprint density at radius 3 is 2.61 bits per heavy atom. The lowest BCUT2D eigenvalue weighted by molar-refractivity contribution is -0.116. The number of aryl methyl sites for hydroxylation is 1. The lowest BCUT2D eigenvalue weighted by Crippen LogP contribution is -2.38. The number of halogens is 1. The molecular weight excluding hydrogens is 505 g/mol. The first kappa shape index (κ1) is 26.8. The molecule has 1 aromatic heterocycles. The zero-order valence-corrected chi connectivity index (χ0v) is 20.9. The van der Waals surface area contributed by atoms with Gasteiger partial charge in [0.05, 0.1) is 6.10 Å². The number of pyridine rings is 1. The van der Waals surface area contributed by atoms with Gasteiger partial charge in [0.15, 0.2) is 5.96 Å². The molecule has 3 N–H and O–H groups in total. The van der Waals surface area contributed by atoms with Crippen LogP contribution in [0.5, 0.6) is 0 Å². The third-order valence-corrected chi connectivity index (χ3v) is 4.38. The number of hydrogen-bond donors (Lipinski definition) is 3. The Bertz CT molecular complexity index is 784. The normalized spacial score (nSPS) is 11.9. The molecule has 1 aromatic carbocycles. The number of aliphatic imine (C=N–C) groups is 1. The second kappa shape index (κ2) is 15.6. The Morgan fingerprint density at radius 1 is 1.16 bits per heavy atom. The molecule has 0 aliphatic heterocycles. The molecule has 1 unspecified atom stereocenters. The van der Waals surface area contributed by atoms with Gasteiger partial charge in [-0.25, -0.2) is 4.98 Å². The summed E-state index contributed by atoms with van der Waals surface area (Å²) >= 11 is 0. The van der Waals surface area contributed by atoms with Gasteiger partial charge in [0.25, 0.3) is 0 Å². The standard InChI is InChI=1S/C23H33N5O2.HI/c1-4-24-23(25-14-8-16-30-19(3)20-9-6-5-7-10-20)26-15-13-22(29)28-21-12-11-18(2)17-27-21;/h5-7,9-12,17,19H,4,8,13-16H2,1-3H3,(H2,24,25,26)(H,27,28,29);1H. The van der Waals surface area contributed by atoms with Gasteiger partial charge in [-0.15, -0.1) is 24.0 Å². The minimum absolute atomic E-state index is 0. The van der Waals surface area contributed by atoms with E-state index < -0.39 is 0 Å². The average Bonchev–Trinajstić information content (AvgIpc) is 2.75. The Balaban J connectivity index is 0.00000480. The average molecular weight is 539 g/mol. The summed E-state index contributed by atoms with van der Waals surface area (Å²) in [5.41, 5.74) is 2.23. The van der Waals surface area contributed by atoms with E-state index in [0.29, 0.717) is 37.9 Å². The summed E-state index contributed by atoms with van der Waals surface area (Å²) in [5.74, 6) is 1.18. The maximum Gasteiger partial charge on any atom is 0.227 e. The molecule has 0 aliphatic carbocycles. The van der Waals surface area contributed by atoms with Crippen molar-refractivity contribution in [2.75, 3.05) is 31.6 Å². The summed E-state index contributed by atoms with van der Waals surface area (Å²) in [6, 6.07) is 13.9. The summed E-state index contributed by atoms with van der Waals surface area (Å²) in [6.45, 7) is 8.57. The molecule has 0 fully saturated rings. The monoisotopic (exact) mass is 539 g/mol. The molecule has 0 radical (unpaired) electrons. The van der Waals surface area contributed by atoms with Crippen molar-refractivity contribution in [3.05, 3.63) is 59.8 Å². The van der Waals surface area contributed by atoms with Crippen LogP contribution in [0.2, 0.25) is 0 Å². The second-order valence-corrected chi connectivity index (χ2v) is 6.98. The van der Waals surface area contributed by atoms with Crippen LogP contribution in [0.15, 0.2) is 53.7 Å². The van der Waals surface area contributed by atoms with Gasteiger partial charge >= 0.3 is 0 Å². The molecule has 0 spiro atoms. The first-order valence-electron chi connectivity index (χ1n) is 10.5. The van der Waals surface area contributed by atoms with E-state index in [2.05, 4.69) is 45.0 Å². The molecule has 2 aromatic rings. The number of guanidine groups is 1. The molecule has 1 atom stereocenters. The van der Waals surface area contributed by atoms with E-state index in [0.717, 1.165) is 18.5 Å². The highest BCUT2D eigenvalue weighted by atomic mass is 127. The van der Waals surface area contributed by atoms with Crippen molar-refractivity contribution in [3.63, 3.8) is 0 Å². The van der Waals surface area contributed by atoms with Crippen LogP contribution in [-0.4, -0.2) is 43.1 Å². The molecule has 0 saturated carbocycles. The van der Waals surface area contributed by atoms with Gasteiger partial charge in [0, 0.05) is 38.9 Å². The Morgan fingerprint density at radius 2 is 1.94 bits per heavy atom. The zero-order valence-electron chi connectivity index (χ0n) is 18.6. The van der Waals surface area contributed by atoms with Gasteiger partial charge in [-0.3, -0.25) is 9.79 Å². The van der Waals surface area contributed by atoms with Crippen LogP contribution in [0.25, 0.3) is 0 Å². The highest BCUT2D eigenvalue weighted by Gasteiger charge is 2.05. The molecule has 0 aliphatic rings. The lowest BCUT2D eigenvalue weighted by atomic mass is 10.1. The number of aromatic nitrogens is 1. The highest BCUT2D eigenvalue weighted by molar-refractivity contribution is 14.0. The van der Waals surface area contributed by atoms with E-state index in [9.17, 15) is 4.79 Å². The van der Waals surface area contributed by atoms with Crippen LogP contribution in [-0.2, 0) is 9.53 Å². The molecule has 1 heterocycles. The fraction of sp³-hybridized carbons (Fsp3) is 0.435. The topological polar surface area (TPSA) is 87.6 Å². The fourth-order valence-electron chi connectivity index (χ4n) is 2.72. The van der Waals surface area contributed by atoms with Gasteiger partial charge in [-0.2, -0.15) is 0 Å². The van der Waals surface area contributed by atoms with Crippen molar-refractivity contribution in [3.8, 4) is 0 Å². The largest absolute Gasteiger partial charge is 0.374 e. The van der Waals surface area contributed by atoms with Crippen LogP contribution >= 0.6 is 24.0 Å². The van der Waals surface area contributed by atoms with E-state index >= 15 is 0 Å². The molecule has 8 heteroatoms. The predicted octanol–water partition coefficient (Wildman–Crippen LogP) is 4.06. The van der Waals surface area contributed by atoms with Crippen LogP contribution in [0, 0.1) is 6.92 Å². The van der Waals surface area contributed by atoms with Crippen molar-refractivity contribution in [1.82, 2.24) is 15.6 Å². The van der Waals surface area contributed by atoms with Crippen molar-refractivity contribution in [2.45, 2.75) is 39.7 Å². The number of ether oxygens (including phenoxy) is 1. The second-order valence-electron chi connectivity index (χ2n) is 6.98. The van der Waals surface area contributed by atoms with E-state index in [1.54, 1.807) is 12.3 Å². The summed E-state index contributed by atoms with van der Waals surface area (Å²) in [5, 5.41) is 9.17. The molecule has 0 bridgehead atoms. The fourth-order valence-corrected chi connectivity index (χ4v) is 2.72. The molecule has 7 nitrogen and oxygen atoms in total. The van der Waals surface area contributed by atoms with Gasteiger partial charge in [0.2, 0.25) is 5.91 Å².